The highest BCUT2D eigenvalue weighted by Gasteiger charge is 2.33. The summed E-state index contributed by atoms with van der Waals surface area (Å²) >= 11 is 0. The number of nitrogens with two attached hydrogens (primary N) is 1. The molecule has 2 rings (SSSR count). The molecule has 1 heterocycles. The van der Waals surface area contributed by atoms with Crippen LogP contribution in [0.3, 0.4) is 0 Å². The van der Waals surface area contributed by atoms with Gasteiger partial charge in [-0.15, -0.1) is 0 Å². The largest absolute Gasteiger partial charge is 0.481 e. The predicted octanol–water partition coefficient (Wildman–Crippen LogP) is 0.663. The first-order chi connectivity index (χ1) is 7.16. The first kappa shape index (κ1) is 10.9. The minimum Gasteiger partial charge on any atom is -0.481 e. The first-order valence-corrected chi connectivity index (χ1v) is 5.89. The second-order valence-electron chi connectivity index (χ2n) is 4.92. The van der Waals surface area contributed by atoms with Gasteiger partial charge in [0, 0.05) is 25.2 Å². The summed E-state index contributed by atoms with van der Waals surface area (Å²) in [5, 5.41) is 9.03. The Morgan fingerprint density at radius 1 is 1.27 bits per heavy atom. The molecule has 1 saturated heterocycles. The van der Waals surface area contributed by atoms with Crippen LogP contribution >= 0.6 is 0 Å². The van der Waals surface area contributed by atoms with Gasteiger partial charge in [-0.1, -0.05) is 12.8 Å². The summed E-state index contributed by atoms with van der Waals surface area (Å²) in [7, 11) is 0. The number of carboxylic acid groups (broad SMARTS) is 1. The maximum atomic E-state index is 11.0. The lowest BCUT2D eigenvalue weighted by Crippen LogP contribution is -2.52. The second-order valence-corrected chi connectivity index (χ2v) is 4.92. The van der Waals surface area contributed by atoms with Crippen molar-refractivity contribution in [3.05, 3.63) is 0 Å². The highest BCUT2D eigenvalue weighted by molar-refractivity contribution is 5.70. The molecule has 0 aromatic carbocycles. The predicted molar refractivity (Wildman–Crippen MR) is 57.5 cm³/mol. The number of carboxylic acids is 1. The molecule has 1 aliphatic carbocycles. The van der Waals surface area contributed by atoms with Crippen LogP contribution in [-0.4, -0.2) is 41.1 Å². The Bertz CT molecular complexity index is 239. The highest BCUT2D eigenvalue weighted by Crippen LogP contribution is 2.27. The van der Waals surface area contributed by atoms with E-state index in [0.29, 0.717) is 19.0 Å². The Balaban J connectivity index is 1.96. The molecule has 0 amide bonds. The molecule has 4 nitrogen and oxygen atoms in total. The maximum absolute atomic E-state index is 11.0. The van der Waals surface area contributed by atoms with Gasteiger partial charge in [0.05, 0.1) is 5.92 Å². The van der Waals surface area contributed by atoms with Crippen molar-refractivity contribution in [3.8, 4) is 0 Å². The topological polar surface area (TPSA) is 66.6 Å². The van der Waals surface area contributed by atoms with Crippen molar-refractivity contribution in [2.45, 2.75) is 44.2 Å². The summed E-state index contributed by atoms with van der Waals surface area (Å²) in [5.74, 6) is -0.942. The van der Waals surface area contributed by atoms with Crippen LogP contribution in [0.5, 0.6) is 0 Å². The van der Waals surface area contributed by atoms with Gasteiger partial charge in [0.15, 0.2) is 0 Å². The van der Waals surface area contributed by atoms with E-state index in [4.69, 9.17) is 10.8 Å². The summed E-state index contributed by atoms with van der Waals surface area (Å²) < 4.78 is 0. The fraction of sp³-hybridized carbons (Fsp3) is 0.909. The molecular formula is C11H20N2O2. The van der Waals surface area contributed by atoms with Gasteiger partial charge in [-0.05, 0) is 19.3 Å². The molecule has 0 bridgehead atoms. The molecule has 86 valence electrons. The summed E-state index contributed by atoms with van der Waals surface area (Å²) in [6.07, 6.45) is 5.65. The van der Waals surface area contributed by atoms with E-state index in [-0.39, 0.29) is 12.0 Å². The number of likely N-dealkylation sites (tertiary alicyclic amines) is 1. The lowest BCUT2D eigenvalue weighted by molar-refractivity contribution is -0.144. The number of piperidine rings is 1. The van der Waals surface area contributed by atoms with Gasteiger partial charge in [0.1, 0.15) is 0 Å². The fourth-order valence-electron chi connectivity index (χ4n) is 2.92. The monoisotopic (exact) mass is 212 g/mol. The zero-order chi connectivity index (χ0) is 10.8. The Labute approximate surface area is 90.4 Å². The SMILES string of the molecule is NC1CC(C(=O)O)CN(C2CCCC2)C1. The lowest BCUT2D eigenvalue weighted by Gasteiger charge is -2.38. The summed E-state index contributed by atoms with van der Waals surface area (Å²) in [6.45, 7) is 1.59. The summed E-state index contributed by atoms with van der Waals surface area (Å²) in [5.41, 5.74) is 5.92. The van der Waals surface area contributed by atoms with Gasteiger partial charge in [-0.2, -0.15) is 0 Å². The van der Waals surface area contributed by atoms with E-state index >= 15 is 0 Å². The smallest absolute Gasteiger partial charge is 0.307 e. The molecule has 2 atom stereocenters. The minimum atomic E-state index is -0.687. The molecule has 1 aliphatic heterocycles. The third-order valence-electron chi connectivity index (χ3n) is 3.70. The zero-order valence-electron chi connectivity index (χ0n) is 9.06. The molecular weight excluding hydrogens is 192 g/mol. The number of hydrogen-bond donors (Lipinski definition) is 2. The van der Waals surface area contributed by atoms with Crippen molar-refractivity contribution in [1.29, 1.82) is 0 Å². The van der Waals surface area contributed by atoms with Gasteiger partial charge < -0.3 is 10.8 Å². The lowest BCUT2D eigenvalue weighted by atomic mass is 9.93. The Morgan fingerprint density at radius 3 is 2.53 bits per heavy atom. The average Bonchev–Trinajstić information content (AvgIpc) is 2.69. The van der Waals surface area contributed by atoms with Crippen LogP contribution < -0.4 is 5.73 Å². The van der Waals surface area contributed by atoms with Crippen LogP contribution in [0.1, 0.15) is 32.1 Å². The number of hydrogen-bond acceptors (Lipinski definition) is 3. The zero-order valence-corrected chi connectivity index (χ0v) is 9.06. The first-order valence-electron chi connectivity index (χ1n) is 5.89. The Kier molecular flexibility index (Phi) is 3.26. The van der Waals surface area contributed by atoms with Crippen LogP contribution in [0.4, 0.5) is 0 Å². The molecule has 2 fully saturated rings. The van der Waals surface area contributed by atoms with Crippen LogP contribution in [0.25, 0.3) is 0 Å². The Morgan fingerprint density at radius 2 is 1.93 bits per heavy atom. The quantitative estimate of drug-likeness (QED) is 0.705. The van der Waals surface area contributed by atoms with Crippen LogP contribution in [0.15, 0.2) is 0 Å². The van der Waals surface area contributed by atoms with Crippen molar-refractivity contribution in [3.63, 3.8) is 0 Å². The number of aliphatic carboxylic acids is 1. The van der Waals surface area contributed by atoms with E-state index in [2.05, 4.69) is 4.90 Å². The molecule has 3 N–H and O–H groups in total. The van der Waals surface area contributed by atoms with Crippen molar-refractivity contribution < 1.29 is 9.90 Å². The summed E-state index contributed by atoms with van der Waals surface area (Å²) in [6, 6.07) is 0.638. The maximum Gasteiger partial charge on any atom is 0.307 e. The van der Waals surface area contributed by atoms with Crippen LogP contribution in [0.2, 0.25) is 0 Å². The minimum absolute atomic E-state index is 0.0421. The van der Waals surface area contributed by atoms with Gasteiger partial charge in [-0.25, -0.2) is 0 Å². The van der Waals surface area contributed by atoms with E-state index in [0.717, 1.165) is 6.54 Å². The number of carbonyl (C=O) groups is 1. The molecule has 15 heavy (non-hydrogen) atoms. The fourth-order valence-corrected chi connectivity index (χ4v) is 2.92. The molecule has 0 spiro atoms. The Hall–Kier alpha value is -0.610. The molecule has 2 unspecified atom stereocenters. The van der Waals surface area contributed by atoms with E-state index in [1.807, 2.05) is 0 Å². The third kappa shape index (κ3) is 2.49. The standard InChI is InChI=1S/C11H20N2O2/c12-9-5-8(11(14)15)6-13(7-9)10-3-1-2-4-10/h8-10H,1-7,12H2,(H,14,15). The molecule has 0 radical (unpaired) electrons. The number of rotatable bonds is 2. The number of nitrogens with zero attached hydrogens (tertiary/aromatic N) is 1. The van der Waals surface area contributed by atoms with E-state index in [1.165, 1.54) is 25.7 Å². The van der Waals surface area contributed by atoms with Crippen molar-refractivity contribution in [2.75, 3.05) is 13.1 Å². The van der Waals surface area contributed by atoms with Gasteiger partial charge in [0.2, 0.25) is 0 Å². The van der Waals surface area contributed by atoms with E-state index in [9.17, 15) is 4.79 Å². The molecule has 0 aromatic rings. The summed E-state index contributed by atoms with van der Waals surface area (Å²) in [4.78, 5) is 13.3. The molecule has 0 aromatic heterocycles. The third-order valence-corrected chi connectivity index (χ3v) is 3.70. The van der Waals surface area contributed by atoms with E-state index in [1.54, 1.807) is 0 Å². The molecule has 4 heteroatoms. The van der Waals surface area contributed by atoms with Gasteiger partial charge >= 0.3 is 5.97 Å². The van der Waals surface area contributed by atoms with Crippen molar-refractivity contribution in [2.24, 2.45) is 11.7 Å². The second kappa shape index (κ2) is 4.49. The molecule has 2 aliphatic rings. The van der Waals surface area contributed by atoms with Crippen molar-refractivity contribution in [1.82, 2.24) is 4.90 Å². The highest BCUT2D eigenvalue weighted by atomic mass is 16.4. The normalized spacial score (nSPS) is 34.5. The van der Waals surface area contributed by atoms with Crippen LogP contribution in [-0.2, 0) is 4.79 Å². The van der Waals surface area contributed by atoms with E-state index < -0.39 is 5.97 Å². The van der Waals surface area contributed by atoms with Crippen molar-refractivity contribution >= 4 is 5.97 Å². The van der Waals surface area contributed by atoms with Gasteiger partial charge in [0.25, 0.3) is 0 Å². The molecule has 1 saturated carbocycles. The van der Waals surface area contributed by atoms with Crippen LogP contribution in [0, 0.1) is 5.92 Å². The van der Waals surface area contributed by atoms with Gasteiger partial charge in [-0.3, -0.25) is 9.69 Å². The average molecular weight is 212 g/mol.